The molecule has 11 heteroatoms. The fraction of sp³-hybridized carbons (Fsp3) is 0.500. The van der Waals surface area contributed by atoms with E-state index in [0.29, 0.717) is 35.2 Å². The fourth-order valence-electron chi connectivity index (χ4n) is 5.10. The number of amides is 2. The number of hydrogen-bond acceptors (Lipinski definition) is 7. The van der Waals surface area contributed by atoms with Gasteiger partial charge >= 0.3 is 6.09 Å². The zero-order chi connectivity index (χ0) is 26.3. The number of nitrogen functional groups attached to an aromatic ring is 1. The minimum atomic E-state index is -0.602. The molecule has 0 spiro atoms. The molecule has 2 aromatic heterocycles. The van der Waals surface area contributed by atoms with Gasteiger partial charge in [0.1, 0.15) is 16.8 Å². The van der Waals surface area contributed by atoms with E-state index in [0.717, 1.165) is 44.3 Å². The molecule has 3 aromatic rings. The van der Waals surface area contributed by atoms with Crippen molar-refractivity contribution in [3.63, 3.8) is 0 Å². The van der Waals surface area contributed by atoms with Gasteiger partial charge in [-0.2, -0.15) is 10.2 Å². The van der Waals surface area contributed by atoms with Gasteiger partial charge in [-0.1, -0.05) is 12.1 Å². The fourth-order valence-corrected chi connectivity index (χ4v) is 5.10. The van der Waals surface area contributed by atoms with Gasteiger partial charge in [-0.05, 0) is 58.6 Å². The Bertz CT molecular complexity index is 1380. The van der Waals surface area contributed by atoms with Crippen LogP contribution in [0.25, 0.3) is 22.2 Å². The van der Waals surface area contributed by atoms with Gasteiger partial charge < -0.3 is 20.3 Å². The molecule has 5 rings (SSSR count). The number of carbonyl (C=O) groups is 2. The third kappa shape index (κ3) is 4.90. The Hall–Kier alpha value is -3.89. The third-order valence-electron chi connectivity index (χ3n) is 6.85. The van der Waals surface area contributed by atoms with Crippen LogP contribution in [0.5, 0.6) is 0 Å². The number of ether oxygens (including phenoxy) is 1. The van der Waals surface area contributed by atoms with Gasteiger partial charge in [0.05, 0.1) is 11.4 Å². The van der Waals surface area contributed by atoms with Crippen LogP contribution in [0, 0.1) is 0 Å². The maximum absolute atomic E-state index is 12.9. The van der Waals surface area contributed by atoms with Crippen LogP contribution < -0.4 is 11.3 Å². The minimum Gasteiger partial charge on any atom is -0.444 e. The number of aromatic amines is 1. The zero-order valence-corrected chi connectivity index (χ0v) is 21.5. The SMILES string of the molecule is CC(C)(C)OC(=O)N1CCC[C@@H](n2nc(-c3ccc(C(=O)N4CCCC4)cc3)c3c(N)n[nH]c(=O)c32)C1. The monoisotopic (exact) mass is 507 g/mol. The molecule has 2 aliphatic heterocycles. The van der Waals surface area contributed by atoms with Gasteiger partial charge in [-0.25, -0.2) is 9.89 Å². The van der Waals surface area contributed by atoms with E-state index in [4.69, 9.17) is 15.6 Å². The Kier molecular flexibility index (Phi) is 6.38. The number of rotatable bonds is 3. The Morgan fingerprint density at radius 2 is 1.73 bits per heavy atom. The Labute approximate surface area is 214 Å². The Balaban J connectivity index is 1.50. The van der Waals surface area contributed by atoms with Crippen molar-refractivity contribution in [1.82, 2.24) is 29.8 Å². The molecule has 2 amide bonds. The summed E-state index contributed by atoms with van der Waals surface area (Å²) in [4.78, 5) is 42.0. The van der Waals surface area contributed by atoms with E-state index in [-0.39, 0.29) is 23.9 Å². The van der Waals surface area contributed by atoms with Crippen LogP contribution in [-0.4, -0.2) is 73.6 Å². The van der Waals surface area contributed by atoms with E-state index in [2.05, 4.69) is 10.2 Å². The van der Waals surface area contributed by atoms with Crippen molar-refractivity contribution in [3.05, 3.63) is 40.2 Å². The topological polar surface area (TPSA) is 139 Å². The number of nitrogens with zero attached hydrogens (tertiary/aromatic N) is 5. The smallest absolute Gasteiger partial charge is 0.410 e. The van der Waals surface area contributed by atoms with Crippen molar-refractivity contribution in [2.24, 2.45) is 0 Å². The van der Waals surface area contributed by atoms with Crippen molar-refractivity contribution in [2.75, 3.05) is 31.9 Å². The van der Waals surface area contributed by atoms with Crippen molar-refractivity contribution < 1.29 is 14.3 Å². The number of aromatic nitrogens is 4. The lowest BCUT2D eigenvalue weighted by Gasteiger charge is -2.34. The summed E-state index contributed by atoms with van der Waals surface area (Å²) in [5, 5.41) is 11.7. The number of likely N-dealkylation sites (tertiary alicyclic amines) is 2. The first kappa shape index (κ1) is 24.8. The predicted molar refractivity (Wildman–Crippen MR) is 139 cm³/mol. The van der Waals surface area contributed by atoms with Crippen LogP contribution in [0.1, 0.15) is 62.9 Å². The molecule has 2 aliphatic rings. The molecular weight excluding hydrogens is 474 g/mol. The van der Waals surface area contributed by atoms with Gasteiger partial charge in [-0.15, -0.1) is 0 Å². The lowest BCUT2D eigenvalue weighted by molar-refractivity contribution is 0.0169. The van der Waals surface area contributed by atoms with Crippen LogP contribution in [0.15, 0.2) is 29.1 Å². The summed E-state index contributed by atoms with van der Waals surface area (Å²) in [5.41, 5.74) is 7.39. The van der Waals surface area contributed by atoms with Gasteiger partial charge in [0.25, 0.3) is 11.5 Å². The molecule has 37 heavy (non-hydrogen) atoms. The highest BCUT2D eigenvalue weighted by molar-refractivity contribution is 6.00. The maximum Gasteiger partial charge on any atom is 0.410 e. The molecule has 0 saturated carbocycles. The first-order chi connectivity index (χ1) is 17.6. The van der Waals surface area contributed by atoms with Gasteiger partial charge in [-0.3, -0.25) is 14.3 Å². The molecule has 0 bridgehead atoms. The number of anilines is 1. The minimum absolute atomic E-state index is 0.0153. The standard InChI is InChI=1S/C26H33N7O4/c1-26(2,3)37-25(36)32-14-6-7-18(15-32)33-21-19(22(27)28-29-23(21)34)20(30-33)16-8-10-17(11-9-16)24(35)31-12-4-5-13-31/h8-11,18H,4-7,12-15H2,1-3H3,(H2,27,28)(H,29,34)/t18-/m1/s1. The first-order valence-electron chi connectivity index (χ1n) is 12.8. The van der Waals surface area contributed by atoms with Crippen LogP contribution in [0.3, 0.4) is 0 Å². The largest absolute Gasteiger partial charge is 0.444 e. The first-order valence-corrected chi connectivity index (χ1v) is 12.8. The average molecular weight is 508 g/mol. The number of piperidine rings is 1. The molecule has 4 heterocycles. The molecule has 0 aliphatic carbocycles. The number of nitrogens with one attached hydrogen (secondary N) is 1. The molecule has 196 valence electrons. The van der Waals surface area contributed by atoms with Crippen LogP contribution >= 0.6 is 0 Å². The summed E-state index contributed by atoms with van der Waals surface area (Å²) in [6.07, 6.45) is 3.15. The molecule has 0 radical (unpaired) electrons. The number of fused-ring (bicyclic) bond motifs is 1. The van der Waals surface area contributed by atoms with Crippen molar-refractivity contribution >= 4 is 28.7 Å². The number of H-pyrrole nitrogens is 1. The second kappa shape index (κ2) is 9.53. The van der Waals surface area contributed by atoms with Crippen molar-refractivity contribution in [3.8, 4) is 11.3 Å². The second-order valence-electron chi connectivity index (χ2n) is 10.8. The molecule has 3 N–H and O–H groups in total. The molecule has 1 aromatic carbocycles. The number of nitrogens with two attached hydrogens (primary N) is 1. The van der Waals surface area contributed by atoms with E-state index >= 15 is 0 Å². The van der Waals surface area contributed by atoms with E-state index in [1.165, 1.54) is 0 Å². The van der Waals surface area contributed by atoms with Crippen molar-refractivity contribution in [2.45, 2.75) is 58.1 Å². The van der Waals surface area contributed by atoms with Gasteiger partial charge in [0, 0.05) is 37.3 Å². The molecule has 2 fully saturated rings. The summed E-state index contributed by atoms with van der Waals surface area (Å²) in [7, 11) is 0. The number of carbonyl (C=O) groups excluding carboxylic acids is 2. The quantitative estimate of drug-likeness (QED) is 0.555. The number of benzene rings is 1. The van der Waals surface area contributed by atoms with E-state index in [1.54, 1.807) is 21.7 Å². The summed E-state index contributed by atoms with van der Waals surface area (Å²) in [6, 6.07) is 6.97. The summed E-state index contributed by atoms with van der Waals surface area (Å²) in [5.74, 6) is 0.175. The molecular formula is C26H33N7O4. The molecule has 1 atom stereocenters. The van der Waals surface area contributed by atoms with Crippen LogP contribution in [0.2, 0.25) is 0 Å². The molecule has 2 saturated heterocycles. The normalized spacial score (nSPS) is 18.4. The lowest BCUT2D eigenvalue weighted by atomic mass is 10.1. The number of hydrogen-bond donors (Lipinski definition) is 2. The molecule has 11 nitrogen and oxygen atoms in total. The Morgan fingerprint density at radius 3 is 2.41 bits per heavy atom. The third-order valence-corrected chi connectivity index (χ3v) is 6.85. The summed E-state index contributed by atoms with van der Waals surface area (Å²) >= 11 is 0. The van der Waals surface area contributed by atoms with Crippen molar-refractivity contribution in [1.29, 1.82) is 0 Å². The lowest BCUT2D eigenvalue weighted by Crippen LogP contribution is -2.43. The predicted octanol–water partition coefficient (Wildman–Crippen LogP) is 3.18. The Morgan fingerprint density at radius 1 is 1.05 bits per heavy atom. The van der Waals surface area contributed by atoms with E-state index in [9.17, 15) is 14.4 Å². The average Bonchev–Trinajstić information content (AvgIpc) is 3.54. The van der Waals surface area contributed by atoms with Crippen LogP contribution in [-0.2, 0) is 4.74 Å². The van der Waals surface area contributed by atoms with E-state index < -0.39 is 11.2 Å². The maximum atomic E-state index is 12.9. The van der Waals surface area contributed by atoms with E-state index in [1.807, 2.05) is 37.8 Å². The highest BCUT2D eigenvalue weighted by atomic mass is 16.6. The van der Waals surface area contributed by atoms with Crippen LogP contribution in [0.4, 0.5) is 10.6 Å². The zero-order valence-electron chi connectivity index (χ0n) is 21.5. The van der Waals surface area contributed by atoms with Gasteiger partial charge in [0.15, 0.2) is 5.82 Å². The second-order valence-corrected chi connectivity index (χ2v) is 10.8. The summed E-state index contributed by atoms with van der Waals surface area (Å²) < 4.78 is 7.23. The highest BCUT2D eigenvalue weighted by Crippen LogP contribution is 2.33. The molecule has 0 unspecified atom stereocenters. The van der Waals surface area contributed by atoms with Gasteiger partial charge in [0.2, 0.25) is 0 Å². The summed E-state index contributed by atoms with van der Waals surface area (Å²) in [6.45, 7) is 7.99. The highest BCUT2D eigenvalue weighted by Gasteiger charge is 2.31.